The van der Waals surface area contributed by atoms with E-state index in [0.717, 1.165) is 38.5 Å². The number of carbonyl (C=O) groups is 1. The fourth-order valence-corrected chi connectivity index (χ4v) is 3.56. The van der Waals surface area contributed by atoms with Gasteiger partial charge < -0.3 is 24.4 Å². The molecule has 0 bridgehead atoms. The molecule has 1 saturated heterocycles. The molecule has 9 heteroatoms. The molecule has 3 N–H and O–H groups in total. The van der Waals surface area contributed by atoms with Crippen molar-refractivity contribution in [2.75, 3.05) is 13.2 Å². The maximum Gasteiger partial charge on any atom is 0.469 e. The molecule has 1 heterocycles. The Morgan fingerprint density at radius 3 is 2.50 bits per heavy atom. The van der Waals surface area contributed by atoms with Gasteiger partial charge in [-0.1, -0.05) is 57.6 Å². The number of aliphatic hydroxyl groups excluding tert-OH is 1. The van der Waals surface area contributed by atoms with Gasteiger partial charge in [0, 0.05) is 6.42 Å². The Balaban J connectivity index is 1.92. The minimum atomic E-state index is -4.64. The molecule has 0 spiro atoms. The van der Waals surface area contributed by atoms with E-state index in [1.165, 1.54) is 25.7 Å². The molecule has 0 amide bonds. The van der Waals surface area contributed by atoms with Gasteiger partial charge in [-0.3, -0.25) is 9.32 Å². The Labute approximate surface area is 180 Å². The molecule has 0 aliphatic carbocycles. The van der Waals surface area contributed by atoms with Crippen molar-refractivity contribution in [3.63, 3.8) is 0 Å². The molecule has 30 heavy (non-hydrogen) atoms. The second-order valence-corrected chi connectivity index (χ2v) is 9.04. The Bertz CT molecular complexity index is 533. The molecule has 3 unspecified atom stereocenters. The summed E-state index contributed by atoms with van der Waals surface area (Å²) >= 11 is 0. The van der Waals surface area contributed by atoms with Gasteiger partial charge in [-0.2, -0.15) is 0 Å². The van der Waals surface area contributed by atoms with Crippen LogP contribution in [-0.2, 0) is 23.4 Å². The SMILES string of the molecule is CCCCCC1OC1C/C=C\CCCCCCCC(=O)OC(CO)COP(=O)(O)O. The van der Waals surface area contributed by atoms with Gasteiger partial charge in [0.1, 0.15) is 6.10 Å². The third kappa shape index (κ3) is 15.1. The lowest BCUT2D eigenvalue weighted by atomic mass is 10.1. The highest BCUT2D eigenvalue weighted by atomic mass is 31.2. The second-order valence-electron chi connectivity index (χ2n) is 7.80. The number of hydrogen-bond acceptors (Lipinski definition) is 6. The Hall–Kier alpha value is -0.760. The van der Waals surface area contributed by atoms with E-state index in [1.54, 1.807) is 0 Å². The van der Waals surface area contributed by atoms with Crippen molar-refractivity contribution < 1.29 is 38.3 Å². The van der Waals surface area contributed by atoms with Crippen LogP contribution in [0.1, 0.15) is 84.0 Å². The van der Waals surface area contributed by atoms with E-state index in [9.17, 15) is 9.36 Å². The maximum atomic E-state index is 11.7. The smallest absolute Gasteiger partial charge is 0.457 e. The third-order valence-electron chi connectivity index (χ3n) is 5.00. The van der Waals surface area contributed by atoms with E-state index >= 15 is 0 Å². The molecule has 0 radical (unpaired) electrons. The van der Waals surface area contributed by atoms with E-state index < -0.39 is 33.1 Å². The largest absolute Gasteiger partial charge is 0.469 e. The summed E-state index contributed by atoms with van der Waals surface area (Å²) in [5.41, 5.74) is 0. The number of phosphoric acid groups is 1. The van der Waals surface area contributed by atoms with Crippen LogP contribution in [0.5, 0.6) is 0 Å². The molecule has 3 atom stereocenters. The van der Waals surface area contributed by atoms with Crippen LogP contribution in [0.25, 0.3) is 0 Å². The van der Waals surface area contributed by atoms with Crippen molar-refractivity contribution in [2.24, 2.45) is 0 Å². The molecule has 176 valence electrons. The number of ether oxygens (including phenoxy) is 2. The van der Waals surface area contributed by atoms with Crippen LogP contribution in [0.3, 0.4) is 0 Å². The number of epoxide rings is 1. The summed E-state index contributed by atoms with van der Waals surface area (Å²) in [4.78, 5) is 28.9. The quantitative estimate of drug-likeness (QED) is 0.0885. The summed E-state index contributed by atoms with van der Waals surface area (Å²) in [5.74, 6) is -0.499. The van der Waals surface area contributed by atoms with E-state index in [1.807, 2.05) is 0 Å². The number of hydrogen-bond donors (Lipinski definition) is 3. The number of phosphoric ester groups is 1. The van der Waals surface area contributed by atoms with E-state index in [-0.39, 0.29) is 6.42 Å². The van der Waals surface area contributed by atoms with Gasteiger partial charge in [-0.15, -0.1) is 0 Å². The zero-order chi connectivity index (χ0) is 22.2. The molecule has 0 aromatic rings. The Morgan fingerprint density at radius 2 is 1.80 bits per heavy atom. The summed E-state index contributed by atoms with van der Waals surface area (Å²) in [6.45, 7) is 1.13. The van der Waals surface area contributed by atoms with Crippen molar-refractivity contribution in [1.29, 1.82) is 0 Å². The maximum absolute atomic E-state index is 11.7. The normalized spacial score (nSPS) is 19.9. The molecular formula is C21H39O8P. The van der Waals surface area contributed by atoms with E-state index in [2.05, 4.69) is 23.6 Å². The fraction of sp³-hybridized carbons (Fsp3) is 0.857. The summed E-state index contributed by atoms with van der Waals surface area (Å²) in [6.07, 6.45) is 16.5. The van der Waals surface area contributed by atoms with Gasteiger partial charge in [0.25, 0.3) is 0 Å². The topological polar surface area (TPSA) is 126 Å². The summed E-state index contributed by atoms with van der Waals surface area (Å²) < 4.78 is 25.5. The zero-order valence-electron chi connectivity index (χ0n) is 18.1. The van der Waals surface area contributed by atoms with Gasteiger partial charge in [0.2, 0.25) is 0 Å². The molecule has 0 aromatic heterocycles. The lowest BCUT2D eigenvalue weighted by Gasteiger charge is -2.15. The van der Waals surface area contributed by atoms with E-state index in [4.69, 9.17) is 24.4 Å². The highest BCUT2D eigenvalue weighted by Crippen LogP contribution is 2.35. The van der Waals surface area contributed by atoms with Crippen molar-refractivity contribution in [1.82, 2.24) is 0 Å². The van der Waals surface area contributed by atoms with E-state index in [0.29, 0.717) is 18.6 Å². The van der Waals surface area contributed by atoms with Gasteiger partial charge in [-0.05, 0) is 32.1 Å². The first kappa shape index (κ1) is 27.3. The van der Waals surface area contributed by atoms with Crippen molar-refractivity contribution in [3.8, 4) is 0 Å². The molecule has 8 nitrogen and oxygen atoms in total. The van der Waals surface area contributed by atoms with Crippen molar-refractivity contribution in [2.45, 2.75) is 102 Å². The van der Waals surface area contributed by atoms with Crippen LogP contribution in [0, 0.1) is 0 Å². The molecular weight excluding hydrogens is 411 g/mol. The highest BCUT2D eigenvalue weighted by Gasteiger charge is 2.36. The predicted octanol–water partition coefficient (Wildman–Crippen LogP) is 4.02. The number of esters is 1. The molecule has 0 aromatic carbocycles. The molecule has 1 rings (SSSR count). The average Bonchev–Trinajstić information content (AvgIpc) is 3.44. The lowest BCUT2D eigenvalue weighted by molar-refractivity contribution is -0.153. The highest BCUT2D eigenvalue weighted by molar-refractivity contribution is 7.46. The van der Waals surface area contributed by atoms with Gasteiger partial charge >= 0.3 is 13.8 Å². The second kappa shape index (κ2) is 16.0. The first-order chi connectivity index (χ1) is 14.4. The van der Waals surface area contributed by atoms with Gasteiger partial charge in [0.15, 0.2) is 0 Å². The number of carbonyl (C=O) groups excluding carboxylic acids is 1. The first-order valence-corrected chi connectivity index (χ1v) is 12.7. The predicted molar refractivity (Wildman–Crippen MR) is 114 cm³/mol. The van der Waals surface area contributed by atoms with Crippen molar-refractivity contribution in [3.05, 3.63) is 12.2 Å². The number of unbranched alkanes of at least 4 members (excludes halogenated alkanes) is 7. The van der Waals surface area contributed by atoms with Crippen molar-refractivity contribution >= 4 is 13.8 Å². The molecule has 1 aliphatic heterocycles. The van der Waals surface area contributed by atoms with Crippen LogP contribution < -0.4 is 0 Å². The minimum absolute atomic E-state index is 0.215. The Morgan fingerprint density at radius 1 is 1.07 bits per heavy atom. The molecule has 1 fully saturated rings. The number of aliphatic hydroxyl groups is 1. The van der Waals surface area contributed by atoms with Crippen LogP contribution in [-0.4, -0.2) is 52.4 Å². The van der Waals surface area contributed by atoms with Crippen LogP contribution in [0.2, 0.25) is 0 Å². The third-order valence-corrected chi connectivity index (χ3v) is 5.48. The molecule has 1 aliphatic rings. The number of allylic oxidation sites excluding steroid dienone is 1. The van der Waals surface area contributed by atoms with Crippen LogP contribution >= 0.6 is 7.82 Å². The lowest BCUT2D eigenvalue weighted by Crippen LogP contribution is -2.26. The first-order valence-electron chi connectivity index (χ1n) is 11.2. The fourth-order valence-electron chi connectivity index (χ4n) is 3.20. The average molecular weight is 451 g/mol. The van der Waals surface area contributed by atoms with Crippen LogP contribution in [0.15, 0.2) is 12.2 Å². The monoisotopic (exact) mass is 450 g/mol. The standard InChI is InChI=1S/C21H39O8P/c1-2-3-10-13-19-20(29-19)14-11-8-6-4-5-7-9-12-15-21(23)28-18(16-22)17-27-30(24,25)26/h8,11,18-20,22H,2-7,9-10,12-17H2,1H3,(H2,24,25,26)/b11-8-. The summed E-state index contributed by atoms with van der Waals surface area (Å²) in [6, 6.07) is 0. The zero-order valence-corrected chi connectivity index (χ0v) is 19.0. The molecule has 0 saturated carbocycles. The van der Waals surface area contributed by atoms with Gasteiger partial charge in [-0.25, -0.2) is 4.57 Å². The minimum Gasteiger partial charge on any atom is -0.457 e. The summed E-state index contributed by atoms with van der Waals surface area (Å²) in [7, 11) is -4.64. The van der Waals surface area contributed by atoms with Gasteiger partial charge in [0.05, 0.1) is 25.4 Å². The summed E-state index contributed by atoms with van der Waals surface area (Å²) in [5, 5.41) is 9.07. The number of rotatable bonds is 19. The Kier molecular flexibility index (Phi) is 14.5. The van der Waals surface area contributed by atoms with Crippen LogP contribution in [0.4, 0.5) is 0 Å².